The molecule has 0 bridgehead atoms. The van der Waals surface area contributed by atoms with Gasteiger partial charge >= 0.3 is 13.1 Å². The fourth-order valence-electron chi connectivity index (χ4n) is 4.43. The number of nitrogens with two attached hydrogens (primary N) is 2. The fourth-order valence-corrected chi connectivity index (χ4v) is 6.54. The Morgan fingerprint density at radius 3 is 2.32 bits per heavy atom. The van der Waals surface area contributed by atoms with E-state index in [1.165, 1.54) is 9.21 Å². The molecule has 31 heavy (non-hydrogen) atoms. The lowest BCUT2D eigenvalue weighted by Crippen LogP contribution is -2.66. The van der Waals surface area contributed by atoms with Gasteiger partial charge in [0, 0.05) is 38.1 Å². The minimum atomic E-state index is -3.99. The van der Waals surface area contributed by atoms with Gasteiger partial charge in [-0.15, -0.1) is 0 Å². The maximum absolute atomic E-state index is 13.5. The average Bonchev–Trinajstić information content (AvgIpc) is 3.39. The summed E-state index contributed by atoms with van der Waals surface area (Å²) >= 11 is 0. The molecule has 3 atom stereocenters. The van der Waals surface area contributed by atoms with E-state index in [9.17, 15) is 23.1 Å². The minimum absolute atomic E-state index is 0.0505. The highest BCUT2D eigenvalue weighted by Crippen LogP contribution is 2.39. The summed E-state index contributed by atoms with van der Waals surface area (Å²) in [5.74, 6) is -2.17. The summed E-state index contributed by atoms with van der Waals surface area (Å²) in [6.45, 7) is 1.70. The van der Waals surface area contributed by atoms with Crippen LogP contribution >= 0.6 is 0 Å². The SMILES string of the molecule is C[C@H](N)C(=O)N1CC(N(C2CC2)S(=O)(=O)N2C[C@H](CCCB(O)O)[C@](N)(C(=O)O)C2)C1. The van der Waals surface area contributed by atoms with E-state index in [-0.39, 0.29) is 56.9 Å². The molecule has 0 spiro atoms. The molecule has 0 unspecified atom stereocenters. The largest absolute Gasteiger partial charge is 0.480 e. The maximum Gasteiger partial charge on any atom is 0.451 e. The second-order valence-corrected chi connectivity index (χ2v) is 10.8. The van der Waals surface area contributed by atoms with Crippen molar-refractivity contribution < 1.29 is 33.2 Å². The standard InChI is InChI=1S/C17H32BN5O7S/c1-11(19)15(24)21-8-14(9-21)23(13-4-5-13)31(29,30)22-7-12(3-2-6-18(27)28)17(20,10-22)16(25)26/h11-14,27-28H,2-10,19-20H2,1H3,(H,25,26)/t11-,12-,17-/m0/s1. The van der Waals surface area contributed by atoms with Gasteiger partial charge in [-0.3, -0.25) is 9.59 Å². The molecule has 2 aliphatic heterocycles. The normalized spacial score (nSPS) is 28.6. The van der Waals surface area contributed by atoms with E-state index in [4.69, 9.17) is 21.5 Å². The molecule has 3 fully saturated rings. The van der Waals surface area contributed by atoms with Crippen LogP contribution in [0.25, 0.3) is 0 Å². The van der Waals surface area contributed by atoms with Crippen LogP contribution in [0.5, 0.6) is 0 Å². The molecular formula is C17H32BN5O7S. The van der Waals surface area contributed by atoms with Crippen molar-refractivity contribution in [2.45, 2.75) is 62.6 Å². The second kappa shape index (κ2) is 8.92. The number of hydrogen-bond donors (Lipinski definition) is 5. The highest BCUT2D eigenvalue weighted by Gasteiger charge is 2.56. The Balaban J connectivity index is 1.73. The molecule has 12 nitrogen and oxygen atoms in total. The third-order valence-electron chi connectivity index (χ3n) is 6.43. The van der Waals surface area contributed by atoms with Gasteiger partial charge in [-0.05, 0) is 32.5 Å². The van der Waals surface area contributed by atoms with Crippen LogP contribution in [0.1, 0.15) is 32.6 Å². The first kappa shape index (κ1) is 24.4. The van der Waals surface area contributed by atoms with E-state index in [0.717, 1.165) is 17.1 Å². The summed E-state index contributed by atoms with van der Waals surface area (Å²) in [5, 5.41) is 27.8. The molecule has 0 aromatic rings. The van der Waals surface area contributed by atoms with Crippen LogP contribution in [0.15, 0.2) is 0 Å². The number of likely N-dealkylation sites (tertiary alicyclic amines) is 1. The van der Waals surface area contributed by atoms with Gasteiger partial charge in [-0.1, -0.05) is 6.42 Å². The molecule has 1 aliphatic carbocycles. The van der Waals surface area contributed by atoms with Crippen LogP contribution in [-0.4, -0.2) is 106 Å². The molecule has 0 aromatic carbocycles. The zero-order valence-corrected chi connectivity index (χ0v) is 18.4. The van der Waals surface area contributed by atoms with E-state index < -0.39 is 40.8 Å². The van der Waals surface area contributed by atoms with Gasteiger partial charge in [0.2, 0.25) is 5.91 Å². The molecule has 2 saturated heterocycles. The number of nitrogens with zero attached hydrogens (tertiary/aromatic N) is 3. The first-order valence-corrected chi connectivity index (χ1v) is 12.0. The molecule has 1 saturated carbocycles. The first-order valence-electron chi connectivity index (χ1n) is 10.6. The van der Waals surface area contributed by atoms with Gasteiger partial charge in [-0.25, -0.2) is 0 Å². The number of amides is 1. The highest BCUT2D eigenvalue weighted by molar-refractivity contribution is 7.86. The Morgan fingerprint density at radius 2 is 1.84 bits per heavy atom. The van der Waals surface area contributed by atoms with E-state index in [1.807, 2.05) is 0 Å². The van der Waals surface area contributed by atoms with Crippen LogP contribution in [0.3, 0.4) is 0 Å². The van der Waals surface area contributed by atoms with Gasteiger partial charge in [0.15, 0.2) is 0 Å². The molecular weight excluding hydrogens is 429 g/mol. The smallest absolute Gasteiger partial charge is 0.451 e. The van der Waals surface area contributed by atoms with Crippen molar-refractivity contribution >= 4 is 29.2 Å². The number of carboxylic acids is 1. The van der Waals surface area contributed by atoms with Gasteiger partial charge in [-0.2, -0.15) is 17.0 Å². The third kappa shape index (κ3) is 4.89. The molecule has 2 heterocycles. The third-order valence-corrected chi connectivity index (χ3v) is 8.49. The topological polar surface area (TPSA) is 191 Å². The summed E-state index contributed by atoms with van der Waals surface area (Å²) in [6, 6.07) is -1.19. The second-order valence-electron chi connectivity index (χ2n) is 9.00. The van der Waals surface area contributed by atoms with Crippen molar-refractivity contribution in [2.75, 3.05) is 26.2 Å². The predicted octanol–water partition coefficient (Wildman–Crippen LogP) is -2.78. The molecule has 0 aromatic heterocycles. The van der Waals surface area contributed by atoms with E-state index >= 15 is 0 Å². The summed E-state index contributed by atoms with van der Waals surface area (Å²) in [5.41, 5.74) is 10.0. The van der Waals surface area contributed by atoms with E-state index in [0.29, 0.717) is 6.42 Å². The van der Waals surface area contributed by atoms with Crippen LogP contribution in [0, 0.1) is 5.92 Å². The number of carbonyl (C=O) groups is 2. The minimum Gasteiger partial charge on any atom is -0.480 e. The molecule has 7 N–H and O–H groups in total. The zero-order chi connectivity index (χ0) is 23.1. The summed E-state index contributed by atoms with van der Waals surface area (Å²) in [4.78, 5) is 25.5. The lowest BCUT2D eigenvalue weighted by Gasteiger charge is -2.46. The van der Waals surface area contributed by atoms with Gasteiger partial charge in [0.05, 0.1) is 12.1 Å². The number of hydrogen-bond acceptors (Lipinski definition) is 8. The van der Waals surface area contributed by atoms with Crippen LogP contribution in [0.2, 0.25) is 6.32 Å². The Hall–Kier alpha value is -1.29. The number of rotatable bonds is 10. The van der Waals surface area contributed by atoms with E-state index in [2.05, 4.69) is 0 Å². The van der Waals surface area contributed by atoms with Gasteiger partial charge < -0.3 is 31.5 Å². The molecule has 3 aliphatic rings. The number of carbonyl (C=O) groups excluding carboxylic acids is 1. The van der Waals surface area contributed by atoms with Crippen molar-refractivity contribution in [3.63, 3.8) is 0 Å². The Bertz CT molecular complexity index is 803. The Morgan fingerprint density at radius 1 is 1.23 bits per heavy atom. The first-order chi connectivity index (χ1) is 14.4. The molecule has 3 rings (SSSR count). The molecule has 1 amide bonds. The van der Waals surface area contributed by atoms with Crippen LogP contribution < -0.4 is 11.5 Å². The lowest BCUT2D eigenvalue weighted by atomic mass is 9.78. The summed E-state index contributed by atoms with van der Waals surface area (Å²) in [7, 11) is -5.50. The Labute approximate surface area is 182 Å². The van der Waals surface area contributed by atoms with Crippen LogP contribution in [-0.2, 0) is 19.8 Å². The summed E-state index contributed by atoms with van der Waals surface area (Å²) in [6.07, 6.45) is 2.06. The Kier molecular flexibility index (Phi) is 7.01. The van der Waals surface area contributed by atoms with Crippen molar-refractivity contribution in [1.29, 1.82) is 0 Å². The lowest BCUT2D eigenvalue weighted by molar-refractivity contribution is -0.144. The predicted molar refractivity (Wildman–Crippen MR) is 112 cm³/mol. The maximum atomic E-state index is 13.5. The quantitative estimate of drug-likeness (QED) is 0.214. The van der Waals surface area contributed by atoms with Crippen molar-refractivity contribution in [3.8, 4) is 0 Å². The molecule has 14 heteroatoms. The number of aliphatic carboxylic acids is 1. The average molecular weight is 461 g/mol. The van der Waals surface area contributed by atoms with Crippen molar-refractivity contribution in [2.24, 2.45) is 17.4 Å². The van der Waals surface area contributed by atoms with Crippen LogP contribution in [0.4, 0.5) is 0 Å². The highest BCUT2D eigenvalue weighted by atomic mass is 32.2. The van der Waals surface area contributed by atoms with Crippen molar-refractivity contribution in [3.05, 3.63) is 0 Å². The van der Waals surface area contributed by atoms with Gasteiger partial charge in [0.25, 0.3) is 10.2 Å². The molecule has 0 radical (unpaired) electrons. The summed E-state index contributed by atoms with van der Waals surface area (Å²) < 4.78 is 29.5. The van der Waals surface area contributed by atoms with E-state index in [1.54, 1.807) is 6.92 Å². The molecule has 176 valence electrons. The monoisotopic (exact) mass is 461 g/mol. The zero-order valence-electron chi connectivity index (χ0n) is 17.6. The number of carboxylic acid groups (broad SMARTS) is 1. The van der Waals surface area contributed by atoms with Crippen molar-refractivity contribution in [1.82, 2.24) is 13.5 Å². The fraction of sp³-hybridized carbons (Fsp3) is 0.882. The van der Waals surface area contributed by atoms with Gasteiger partial charge in [0.1, 0.15) is 5.54 Å².